The molecule has 7 rings (SSSR count). The number of carbonyl (C=O) groups is 1. The molecule has 0 spiro atoms. The van der Waals surface area contributed by atoms with Crippen LogP contribution >= 0.6 is 0 Å². The number of nitrogens with zero attached hydrogens (tertiary/aromatic N) is 7. The van der Waals surface area contributed by atoms with Gasteiger partial charge in [0.15, 0.2) is 5.82 Å². The Balaban J connectivity index is 1.19. The highest BCUT2D eigenvalue weighted by atomic mass is 16.6. The lowest BCUT2D eigenvalue weighted by molar-refractivity contribution is 0.0214. The Hall–Kier alpha value is -4.21. The maximum absolute atomic E-state index is 12.7. The molecule has 3 fully saturated rings. The SMILES string of the molecule is CC(C)(C)OC(=O)N1C[C@@H]2C[C@H]1CN2c1cc(-n2nc(Nc3cnccn3)c3ccc(C4CC4)cc32)ccn1. The zero-order chi connectivity index (χ0) is 26.7. The smallest absolute Gasteiger partial charge is 0.410 e. The predicted octanol–water partition coefficient (Wildman–Crippen LogP) is 5.03. The Kier molecular flexibility index (Phi) is 5.47. The summed E-state index contributed by atoms with van der Waals surface area (Å²) in [5, 5.41) is 9.35. The summed E-state index contributed by atoms with van der Waals surface area (Å²) in [5.41, 5.74) is 2.84. The minimum absolute atomic E-state index is 0.129. The standard InChI is InChI=1S/C29H32N8O2/c1-29(2,3)39-28(38)36-17-21-13-22(36)16-35(21)26-14-20(8-9-32-26)37-24-12-19(18-4-5-18)6-7-23(24)27(34-37)33-25-15-30-10-11-31-25/h6-12,14-15,18,21-22H,4-5,13,16-17H2,1-3H3,(H,31,33,34)/t21-,22-/m0/s1. The topological polar surface area (TPSA) is 101 Å². The average molecular weight is 525 g/mol. The molecule has 10 nitrogen and oxygen atoms in total. The molecular formula is C29H32N8O2. The fourth-order valence-electron chi connectivity index (χ4n) is 5.76. The van der Waals surface area contributed by atoms with Gasteiger partial charge in [-0.3, -0.25) is 4.98 Å². The summed E-state index contributed by atoms with van der Waals surface area (Å²) in [4.78, 5) is 30.2. The van der Waals surface area contributed by atoms with Crippen molar-refractivity contribution in [2.24, 2.45) is 0 Å². The van der Waals surface area contributed by atoms with Crippen molar-refractivity contribution in [1.29, 1.82) is 0 Å². The van der Waals surface area contributed by atoms with Crippen LogP contribution in [0.2, 0.25) is 0 Å². The third kappa shape index (κ3) is 4.53. The fourth-order valence-corrected chi connectivity index (χ4v) is 5.76. The molecule has 39 heavy (non-hydrogen) atoms. The van der Waals surface area contributed by atoms with Crippen molar-refractivity contribution in [2.45, 2.75) is 63.6 Å². The monoisotopic (exact) mass is 524 g/mol. The number of anilines is 3. The van der Waals surface area contributed by atoms with E-state index in [0.717, 1.165) is 41.2 Å². The number of hydrogen-bond acceptors (Lipinski definition) is 8. The van der Waals surface area contributed by atoms with E-state index in [9.17, 15) is 4.79 Å². The maximum atomic E-state index is 12.7. The van der Waals surface area contributed by atoms with E-state index in [4.69, 9.17) is 14.8 Å². The number of ether oxygens (including phenoxy) is 1. The van der Waals surface area contributed by atoms with Gasteiger partial charge in [-0.25, -0.2) is 19.4 Å². The van der Waals surface area contributed by atoms with Crippen molar-refractivity contribution in [1.82, 2.24) is 29.6 Å². The molecule has 2 atom stereocenters. The Labute approximate surface area is 227 Å². The van der Waals surface area contributed by atoms with Crippen LogP contribution < -0.4 is 10.2 Å². The first-order chi connectivity index (χ1) is 18.8. The number of nitrogens with one attached hydrogen (secondary N) is 1. The second-order valence-corrected chi connectivity index (χ2v) is 11.7. The number of benzene rings is 1. The van der Waals surface area contributed by atoms with E-state index in [-0.39, 0.29) is 18.2 Å². The molecule has 2 bridgehead atoms. The molecule has 3 aromatic heterocycles. The summed E-state index contributed by atoms with van der Waals surface area (Å²) >= 11 is 0. The van der Waals surface area contributed by atoms with Gasteiger partial charge >= 0.3 is 6.09 Å². The van der Waals surface area contributed by atoms with E-state index in [1.165, 1.54) is 18.4 Å². The van der Waals surface area contributed by atoms with Gasteiger partial charge in [0, 0.05) is 43.1 Å². The molecule has 1 amide bonds. The summed E-state index contributed by atoms with van der Waals surface area (Å²) in [6.45, 7) is 7.10. The Bertz CT molecular complexity index is 1540. The van der Waals surface area contributed by atoms with Crippen molar-refractivity contribution in [2.75, 3.05) is 23.3 Å². The quantitative estimate of drug-likeness (QED) is 0.388. The van der Waals surface area contributed by atoms with Gasteiger partial charge in [0.05, 0.1) is 29.5 Å². The van der Waals surface area contributed by atoms with Crippen molar-refractivity contribution in [3.63, 3.8) is 0 Å². The number of hydrogen-bond donors (Lipinski definition) is 1. The number of pyridine rings is 1. The van der Waals surface area contributed by atoms with Crippen molar-refractivity contribution >= 4 is 34.4 Å². The maximum Gasteiger partial charge on any atom is 0.410 e. The van der Waals surface area contributed by atoms with Gasteiger partial charge in [-0.15, -0.1) is 5.10 Å². The van der Waals surface area contributed by atoms with Crippen LogP contribution in [0, 0.1) is 0 Å². The van der Waals surface area contributed by atoms with Crippen molar-refractivity contribution in [3.05, 3.63) is 60.7 Å². The second kappa shape index (κ2) is 8.93. The van der Waals surface area contributed by atoms with Crippen LogP contribution in [-0.2, 0) is 4.74 Å². The number of amides is 1. The Morgan fingerprint density at radius 1 is 1.03 bits per heavy atom. The number of piperazine rings is 1. The van der Waals surface area contributed by atoms with Crippen molar-refractivity contribution < 1.29 is 9.53 Å². The first-order valence-electron chi connectivity index (χ1n) is 13.6. The van der Waals surface area contributed by atoms with Crippen molar-refractivity contribution in [3.8, 4) is 5.69 Å². The highest BCUT2D eigenvalue weighted by molar-refractivity contribution is 5.93. The van der Waals surface area contributed by atoms with Crippen LogP contribution in [0.25, 0.3) is 16.6 Å². The molecule has 3 aliphatic rings. The van der Waals surface area contributed by atoms with Crippen LogP contribution in [0.5, 0.6) is 0 Å². The minimum atomic E-state index is -0.499. The Morgan fingerprint density at radius 3 is 2.62 bits per heavy atom. The highest BCUT2D eigenvalue weighted by Crippen LogP contribution is 2.42. The van der Waals surface area contributed by atoms with E-state index >= 15 is 0 Å². The van der Waals surface area contributed by atoms with Gasteiger partial charge in [-0.1, -0.05) is 6.07 Å². The third-order valence-corrected chi connectivity index (χ3v) is 7.70. The number of likely N-dealkylation sites (tertiary alicyclic amines) is 1. The molecule has 200 valence electrons. The Morgan fingerprint density at radius 2 is 1.90 bits per heavy atom. The molecule has 2 aliphatic heterocycles. The predicted molar refractivity (Wildman–Crippen MR) is 149 cm³/mol. The van der Waals surface area contributed by atoms with Crippen LogP contribution in [-0.4, -0.2) is 66.5 Å². The zero-order valence-corrected chi connectivity index (χ0v) is 22.4. The highest BCUT2D eigenvalue weighted by Gasteiger charge is 2.47. The molecule has 10 heteroatoms. The van der Waals surface area contributed by atoms with Crippen LogP contribution in [0.1, 0.15) is 51.5 Å². The van der Waals surface area contributed by atoms with Gasteiger partial charge in [-0.2, -0.15) is 0 Å². The summed E-state index contributed by atoms with van der Waals surface area (Å²) < 4.78 is 7.63. The first kappa shape index (κ1) is 23.9. The van der Waals surface area contributed by atoms with Gasteiger partial charge < -0.3 is 19.9 Å². The lowest BCUT2D eigenvalue weighted by atomic mass is 10.1. The summed E-state index contributed by atoms with van der Waals surface area (Å²) in [7, 11) is 0. The average Bonchev–Trinajstić information content (AvgIpc) is 3.43. The molecule has 2 saturated heterocycles. The van der Waals surface area contributed by atoms with E-state index in [1.807, 2.05) is 42.6 Å². The summed E-state index contributed by atoms with van der Waals surface area (Å²) in [6, 6.07) is 11.1. The van der Waals surface area contributed by atoms with Crippen LogP contribution in [0.3, 0.4) is 0 Å². The van der Waals surface area contributed by atoms with Gasteiger partial charge in [-0.05, 0) is 69.7 Å². The van der Waals surface area contributed by atoms with E-state index in [2.05, 4.69) is 44.5 Å². The van der Waals surface area contributed by atoms with Gasteiger partial charge in [0.1, 0.15) is 17.2 Å². The molecule has 1 aliphatic carbocycles. The third-order valence-electron chi connectivity index (χ3n) is 7.70. The lowest BCUT2D eigenvalue weighted by Gasteiger charge is -2.35. The van der Waals surface area contributed by atoms with Gasteiger partial charge in [0.2, 0.25) is 0 Å². The zero-order valence-electron chi connectivity index (χ0n) is 22.4. The van der Waals surface area contributed by atoms with E-state index in [1.54, 1.807) is 18.6 Å². The molecule has 1 aromatic carbocycles. The molecule has 1 N–H and O–H groups in total. The minimum Gasteiger partial charge on any atom is -0.444 e. The second-order valence-electron chi connectivity index (χ2n) is 11.7. The fraction of sp³-hybridized carbons (Fsp3) is 0.414. The lowest BCUT2D eigenvalue weighted by Crippen LogP contribution is -2.50. The van der Waals surface area contributed by atoms with E-state index < -0.39 is 5.60 Å². The normalized spacial score (nSPS) is 20.6. The molecule has 0 unspecified atom stereocenters. The molecule has 0 radical (unpaired) electrons. The molecule has 5 heterocycles. The molecular weight excluding hydrogens is 492 g/mol. The largest absolute Gasteiger partial charge is 0.444 e. The number of rotatable bonds is 5. The first-order valence-corrected chi connectivity index (χ1v) is 13.6. The van der Waals surface area contributed by atoms with Crippen LogP contribution in [0.15, 0.2) is 55.1 Å². The number of fused-ring (bicyclic) bond motifs is 3. The molecule has 1 saturated carbocycles. The van der Waals surface area contributed by atoms with E-state index in [0.29, 0.717) is 18.3 Å². The molecule has 4 aromatic rings. The summed E-state index contributed by atoms with van der Waals surface area (Å²) in [6.07, 6.45) is 10.0. The number of carbonyl (C=O) groups excluding carboxylic acids is 1. The summed E-state index contributed by atoms with van der Waals surface area (Å²) in [5.74, 6) is 2.91. The van der Waals surface area contributed by atoms with Crippen LogP contribution in [0.4, 0.5) is 22.2 Å². The number of aromatic nitrogens is 5. The van der Waals surface area contributed by atoms with Gasteiger partial charge in [0.25, 0.3) is 0 Å².